The largest absolute Gasteiger partial charge is 0.478 e. The summed E-state index contributed by atoms with van der Waals surface area (Å²) in [6, 6.07) is 0. The van der Waals surface area contributed by atoms with Crippen LogP contribution in [0.25, 0.3) is 0 Å². The molecule has 4 fully saturated rings. The van der Waals surface area contributed by atoms with Crippen molar-refractivity contribution in [2.45, 2.75) is 56.2 Å². The molecule has 0 aromatic heterocycles. The van der Waals surface area contributed by atoms with E-state index in [4.69, 9.17) is 9.84 Å². The quantitative estimate of drug-likeness (QED) is 0.412. The number of carbonyl (C=O) groups excluding carboxylic acids is 3. The number of aliphatic carboxylic acids is 1. The van der Waals surface area contributed by atoms with Crippen LogP contribution in [0, 0.1) is 0 Å². The van der Waals surface area contributed by atoms with Crippen LogP contribution in [0.2, 0.25) is 0 Å². The first kappa shape index (κ1) is 28.5. The summed E-state index contributed by atoms with van der Waals surface area (Å²) < 4.78 is 4.89. The Bertz CT molecular complexity index is 899. The number of amides is 2. The van der Waals surface area contributed by atoms with E-state index in [1.165, 1.54) is 47.3 Å². The summed E-state index contributed by atoms with van der Waals surface area (Å²) in [6.07, 6.45) is 9.50. The van der Waals surface area contributed by atoms with Crippen molar-refractivity contribution >= 4 is 47.3 Å². The fourth-order valence-corrected chi connectivity index (χ4v) is 6.98. The Morgan fingerprint density at radius 1 is 0.833 bits per heavy atom. The second-order valence-electron chi connectivity index (χ2n) is 8.98. The smallest absolute Gasteiger partial charge is 0.333 e. The highest BCUT2D eigenvalue weighted by atomic mass is 32.2. The molecule has 4 aliphatic heterocycles. The summed E-state index contributed by atoms with van der Waals surface area (Å²) in [7, 11) is 3.35. The molecule has 10 nitrogen and oxygen atoms in total. The number of thioether (sulfide) groups is 2. The van der Waals surface area contributed by atoms with Crippen LogP contribution in [0.5, 0.6) is 0 Å². The minimum Gasteiger partial charge on any atom is -0.478 e. The number of hydrogen-bond donors (Lipinski definition) is 1. The van der Waals surface area contributed by atoms with Gasteiger partial charge in [0.15, 0.2) is 0 Å². The van der Waals surface area contributed by atoms with Crippen molar-refractivity contribution in [1.82, 2.24) is 19.6 Å². The predicted molar refractivity (Wildman–Crippen MR) is 140 cm³/mol. The number of likely N-dealkylation sites (tertiary alicyclic amines) is 2. The summed E-state index contributed by atoms with van der Waals surface area (Å²) >= 11 is 2.79. The van der Waals surface area contributed by atoms with Crippen molar-refractivity contribution < 1.29 is 29.0 Å². The highest BCUT2D eigenvalue weighted by Crippen LogP contribution is 2.37. The van der Waals surface area contributed by atoms with Gasteiger partial charge in [0.1, 0.15) is 10.7 Å². The Balaban J connectivity index is 0.000000202. The maximum atomic E-state index is 12.2. The van der Waals surface area contributed by atoms with Gasteiger partial charge in [-0.05, 0) is 58.8 Å². The third-order valence-electron chi connectivity index (χ3n) is 6.43. The summed E-state index contributed by atoms with van der Waals surface area (Å²) in [4.78, 5) is 53.7. The maximum absolute atomic E-state index is 12.2. The number of hydrogen-bond acceptors (Lipinski definition) is 9. The normalized spacial score (nSPS) is 28.0. The van der Waals surface area contributed by atoms with Gasteiger partial charge in [0, 0.05) is 14.1 Å². The molecular formula is C24H36N4O6S2. The molecule has 4 saturated heterocycles. The van der Waals surface area contributed by atoms with Crippen molar-refractivity contribution in [3.05, 3.63) is 22.2 Å². The van der Waals surface area contributed by atoms with Crippen LogP contribution in [0.1, 0.15) is 45.4 Å². The number of carboxylic acid groups (broad SMARTS) is 1. The van der Waals surface area contributed by atoms with Gasteiger partial charge in [-0.3, -0.25) is 19.4 Å². The van der Waals surface area contributed by atoms with E-state index in [2.05, 4.69) is 9.80 Å². The zero-order chi connectivity index (χ0) is 26.2. The number of carbonyl (C=O) groups is 4. The molecule has 12 heteroatoms. The molecular weight excluding hydrogens is 504 g/mol. The van der Waals surface area contributed by atoms with Crippen molar-refractivity contribution in [2.24, 2.45) is 0 Å². The molecule has 2 unspecified atom stereocenters. The second-order valence-corrected chi connectivity index (χ2v) is 11.2. The Hall–Kier alpha value is -2.02. The summed E-state index contributed by atoms with van der Waals surface area (Å²) in [5.41, 5.74) is 0. The van der Waals surface area contributed by atoms with Crippen molar-refractivity contribution in [1.29, 1.82) is 0 Å². The van der Waals surface area contributed by atoms with E-state index in [0.717, 1.165) is 57.9 Å². The molecule has 2 atom stereocenters. The van der Waals surface area contributed by atoms with Crippen LogP contribution >= 0.6 is 23.5 Å². The lowest BCUT2D eigenvalue weighted by Gasteiger charge is -2.29. The van der Waals surface area contributed by atoms with E-state index in [-0.39, 0.29) is 28.5 Å². The SMILES string of the molecule is CCOC(=O)/C=C1/SC(N2CCCCC2)C(=O)N1C.CN1C(=O)C(N2CCCCC2)S/C1=C/C(=O)O. The molecule has 0 aromatic rings. The van der Waals surface area contributed by atoms with Crippen LogP contribution in [0.3, 0.4) is 0 Å². The van der Waals surface area contributed by atoms with E-state index in [1.54, 1.807) is 25.9 Å². The minimum absolute atomic E-state index is 0.00981. The van der Waals surface area contributed by atoms with Gasteiger partial charge < -0.3 is 19.6 Å². The third-order valence-corrected chi connectivity index (χ3v) is 9.14. The zero-order valence-electron chi connectivity index (χ0n) is 21.2. The van der Waals surface area contributed by atoms with Crippen LogP contribution in [0.15, 0.2) is 22.2 Å². The van der Waals surface area contributed by atoms with Crippen LogP contribution in [-0.4, -0.2) is 106 Å². The van der Waals surface area contributed by atoms with Gasteiger partial charge >= 0.3 is 11.9 Å². The molecule has 0 aliphatic carbocycles. The molecule has 4 rings (SSSR count). The zero-order valence-corrected chi connectivity index (χ0v) is 22.8. The molecule has 4 aliphatic rings. The molecule has 0 bridgehead atoms. The fraction of sp³-hybridized carbons (Fsp3) is 0.667. The number of nitrogens with zero attached hydrogens (tertiary/aromatic N) is 4. The van der Waals surface area contributed by atoms with Gasteiger partial charge in [-0.2, -0.15) is 0 Å². The molecule has 0 aromatic carbocycles. The molecule has 0 spiro atoms. The molecule has 4 heterocycles. The lowest BCUT2D eigenvalue weighted by Crippen LogP contribution is -2.42. The first-order chi connectivity index (χ1) is 17.2. The van der Waals surface area contributed by atoms with E-state index in [0.29, 0.717) is 16.7 Å². The first-order valence-electron chi connectivity index (χ1n) is 12.4. The van der Waals surface area contributed by atoms with Gasteiger partial charge in [0.05, 0.1) is 28.8 Å². The van der Waals surface area contributed by atoms with E-state index in [1.807, 2.05) is 0 Å². The molecule has 200 valence electrons. The van der Waals surface area contributed by atoms with Crippen LogP contribution in [-0.2, 0) is 23.9 Å². The second kappa shape index (κ2) is 13.5. The fourth-order valence-electron chi connectivity index (χ4n) is 4.46. The van der Waals surface area contributed by atoms with Gasteiger partial charge in [0.25, 0.3) is 11.8 Å². The van der Waals surface area contributed by atoms with Crippen molar-refractivity contribution in [3.63, 3.8) is 0 Å². The average molecular weight is 541 g/mol. The van der Waals surface area contributed by atoms with Crippen molar-refractivity contribution in [2.75, 3.05) is 46.9 Å². The van der Waals surface area contributed by atoms with Gasteiger partial charge in [-0.25, -0.2) is 9.59 Å². The monoisotopic (exact) mass is 540 g/mol. The molecule has 0 saturated carbocycles. The average Bonchev–Trinajstić information content (AvgIpc) is 3.31. The van der Waals surface area contributed by atoms with Gasteiger partial charge in [-0.1, -0.05) is 36.4 Å². The van der Waals surface area contributed by atoms with E-state index < -0.39 is 5.97 Å². The topological polar surface area (TPSA) is 111 Å². The molecule has 0 radical (unpaired) electrons. The predicted octanol–water partition coefficient (Wildman–Crippen LogP) is 2.34. The van der Waals surface area contributed by atoms with Gasteiger partial charge in [-0.15, -0.1) is 0 Å². The Morgan fingerprint density at radius 3 is 1.64 bits per heavy atom. The highest BCUT2D eigenvalue weighted by Gasteiger charge is 2.40. The number of esters is 1. The van der Waals surface area contributed by atoms with Gasteiger partial charge in [0.2, 0.25) is 0 Å². The third kappa shape index (κ3) is 7.27. The number of carboxylic acids is 1. The summed E-state index contributed by atoms with van der Waals surface area (Å²) in [6.45, 7) is 5.90. The summed E-state index contributed by atoms with van der Waals surface area (Å²) in [5, 5.41) is 9.53. The lowest BCUT2D eigenvalue weighted by molar-refractivity contribution is -0.137. The standard InChI is InChI=1S/C13H20N2O3S.C11H16N2O3S/c1-3-18-11(16)9-10-14(2)12(17)13(19-10)15-7-5-4-6-8-15;1-12-8(7-9(14)15)17-11(10(12)16)13-5-3-2-4-6-13/h9,13H,3-8H2,1-2H3;7,11H,2-6H2,1H3,(H,14,15)/b10-9+;8-7+. The Kier molecular flexibility index (Phi) is 10.7. The number of likely N-dealkylation sites (N-methyl/N-ethyl adjacent to an activating group) is 2. The Labute approximate surface area is 221 Å². The molecule has 2 amide bonds. The molecule has 1 N–H and O–H groups in total. The highest BCUT2D eigenvalue weighted by molar-refractivity contribution is 8.05. The van der Waals surface area contributed by atoms with Crippen LogP contribution in [0.4, 0.5) is 0 Å². The molecule has 36 heavy (non-hydrogen) atoms. The first-order valence-corrected chi connectivity index (χ1v) is 14.2. The summed E-state index contributed by atoms with van der Waals surface area (Å²) in [5.74, 6) is -1.35. The maximum Gasteiger partial charge on any atom is 0.333 e. The lowest BCUT2D eigenvalue weighted by atomic mass is 10.1. The number of piperidine rings is 2. The van der Waals surface area contributed by atoms with E-state index in [9.17, 15) is 19.2 Å². The Morgan fingerprint density at radius 2 is 1.25 bits per heavy atom. The van der Waals surface area contributed by atoms with Crippen LogP contribution < -0.4 is 0 Å². The number of rotatable bonds is 5. The minimum atomic E-state index is -1.01. The van der Waals surface area contributed by atoms with Crippen molar-refractivity contribution in [3.8, 4) is 0 Å². The van der Waals surface area contributed by atoms with E-state index >= 15 is 0 Å². The number of ether oxygens (including phenoxy) is 1.